The van der Waals surface area contributed by atoms with Crippen LogP contribution in [0.4, 0.5) is 0 Å². The van der Waals surface area contributed by atoms with E-state index in [4.69, 9.17) is 0 Å². The second-order valence-electron chi connectivity index (χ2n) is 4.03. The average Bonchev–Trinajstić information content (AvgIpc) is 2.57. The van der Waals surface area contributed by atoms with Gasteiger partial charge in [-0.3, -0.25) is 4.79 Å². The van der Waals surface area contributed by atoms with Crippen molar-refractivity contribution in [2.24, 2.45) is 0 Å². The highest BCUT2D eigenvalue weighted by Crippen LogP contribution is 2.12. The molecule has 0 unspecified atom stereocenters. The average molecular weight is 356 g/mol. The van der Waals surface area contributed by atoms with E-state index < -0.39 is 0 Å². The van der Waals surface area contributed by atoms with Crippen LogP contribution in [0.5, 0.6) is 0 Å². The molecule has 21 heavy (non-hydrogen) atoms. The maximum Gasteiger partial charge on any atom is 0.250 e. The third kappa shape index (κ3) is 10.3. The molecule has 0 aromatic carbocycles. The minimum absolute atomic E-state index is 0.0168. The fraction of sp³-hybridized carbons (Fsp3) is 0.500. The Bertz CT molecular complexity index is 381. The summed E-state index contributed by atoms with van der Waals surface area (Å²) in [5, 5.41) is 0.715. The van der Waals surface area contributed by atoms with E-state index in [2.05, 4.69) is 40.7 Å². The SMILES string of the molecule is C=CN(CC1=CCCC=C1)C(=O)/C=C(\C)CBr.CC.CC. The Morgan fingerprint density at radius 3 is 2.38 bits per heavy atom. The van der Waals surface area contributed by atoms with Crippen LogP contribution in [0.15, 0.2) is 48.2 Å². The molecule has 0 atom stereocenters. The maximum absolute atomic E-state index is 11.9. The van der Waals surface area contributed by atoms with Crippen LogP contribution in [0.2, 0.25) is 0 Å². The number of alkyl halides is 1. The zero-order chi connectivity index (χ0) is 16.7. The summed E-state index contributed by atoms with van der Waals surface area (Å²) in [6, 6.07) is 0. The monoisotopic (exact) mass is 355 g/mol. The smallest absolute Gasteiger partial charge is 0.250 e. The number of hydrogen-bond donors (Lipinski definition) is 0. The molecular weight excluding hydrogens is 326 g/mol. The molecule has 1 rings (SSSR count). The molecule has 0 saturated carbocycles. The molecule has 0 aromatic heterocycles. The van der Waals surface area contributed by atoms with E-state index in [1.165, 1.54) is 5.57 Å². The summed E-state index contributed by atoms with van der Waals surface area (Å²) >= 11 is 3.33. The van der Waals surface area contributed by atoms with Crippen molar-refractivity contribution in [3.63, 3.8) is 0 Å². The fourth-order valence-electron chi connectivity index (χ4n) is 1.55. The van der Waals surface area contributed by atoms with Crippen molar-refractivity contribution in [2.75, 3.05) is 11.9 Å². The van der Waals surface area contributed by atoms with Crippen molar-refractivity contribution in [3.8, 4) is 0 Å². The van der Waals surface area contributed by atoms with Crippen LogP contribution < -0.4 is 0 Å². The van der Waals surface area contributed by atoms with E-state index in [-0.39, 0.29) is 5.91 Å². The minimum atomic E-state index is -0.0168. The first-order valence-corrected chi connectivity index (χ1v) is 8.81. The molecule has 0 aromatic rings. The second kappa shape index (κ2) is 15.3. The Morgan fingerprint density at radius 2 is 1.95 bits per heavy atom. The highest BCUT2D eigenvalue weighted by molar-refractivity contribution is 9.09. The quantitative estimate of drug-likeness (QED) is 0.462. The van der Waals surface area contributed by atoms with Gasteiger partial charge in [0.2, 0.25) is 0 Å². The molecule has 0 aliphatic heterocycles. The molecule has 2 nitrogen and oxygen atoms in total. The molecule has 3 heteroatoms. The van der Waals surface area contributed by atoms with Crippen molar-refractivity contribution in [1.29, 1.82) is 0 Å². The number of hydrogen-bond acceptors (Lipinski definition) is 1. The van der Waals surface area contributed by atoms with Crippen molar-refractivity contribution in [1.82, 2.24) is 4.90 Å². The van der Waals surface area contributed by atoms with Gasteiger partial charge in [-0.15, -0.1) is 0 Å². The number of nitrogens with zero attached hydrogens (tertiary/aromatic N) is 1. The normalized spacial score (nSPS) is 13.0. The zero-order valence-corrected chi connectivity index (χ0v) is 15.7. The van der Waals surface area contributed by atoms with Gasteiger partial charge in [0.1, 0.15) is 0 Å². The molecule has 1 aliphatic carbocycles. The Hall–Kier alpha value is -1.09. The lowest BCUT2D eigenvalue weighted by Gasteiger charge is -2.18. The van der Waals surface area contributed by atoms with E-state index in [0.717, 1.165) is 18.4 Å². The summed E-state index contributed by atoms with van der Waals surface area (Å²) in [6.07, 6.45) is 11.8. The van der Waals surface area contributed by atoms with Crippen molar-refractivity contribution in [3.05, 3.63) is 48.2 Å². The predicted octanol–water partition coefficient (Wildman–Crippen LogP) is 5.63. The van der Waals surface area contributed by atoms with Gasteiger partial charge in [-0.2, -0.15) is 0 Å². The van der Waals surface area contributed by atoms with Gasteiger partial charge < -0.3 is 4.90 Å². The molecule has 0 heterocycles. The molecule has 0 radical (unpaired) electrons. The molecule has 0 bridgehead atoms. The van der Waals surface area contributed by atoms with Crippen molar-refractivity contribution in [2.45, 2.75) is 47.5 Å². The molecule has 0 spiro atoms. The van der Waals surface area contributed by atoms with Crippen molar-refractivity contribution < 1.29 is 4.79 Å². The van der Waals surface area contributed by atoms with Crippen LogP contribution in [0.1, 0.15) is 47.5 Å². The van der Waals surface area contributed by atoms with Gasteiger partial charge in [0, 0.05) is 17.6 Å². The van der Waals surface area contributed by atoms with Crippen LogP contribution in [0.25, 0.3) is 0 Å². The summed E-state index contributed by atoms with van der Waals surface area (Å²) < 4.78 is 0. The maximum atomic E-state index is 11.9. The van der Waals surface area contributed by atoms with Gasteiger partial charge >= 0.3 is 0 Å². The standard InChI is InChI=1S/C14H18BrNO.2C2H6/c1-3-16(14(17)9-12(2)10-15)11-13-7-5-4-6-8-13;2*1-2/h3,5,7-9H,1,4,6,10-11H2,2H3;2*1-2H3/b12-9+;;. The second-order valence-corrected chi connectivity index (χ2v) is 4.59. The number of carbonyl (C=O) groups is 1. The number of halogens is 1. The third-order valence-corrected chi connectivity index (χ3v) is 3.39. The molecule has 0 N–H and O–H groups in total. The third-order valence-electron chi connectivity index (χ3n) is 2.51. The Morgan fingerprint density at radius 1 is 1.33 bits per heavy atom. The van der Waals surface area contributed by atoms with Crippen LogP contribution >= 0.6 is 15.9 Å². The highest BCUT2D eigenvalue weighted by atomic mass is 79.9. The summed E-state index contributed by atoms with van der Waals surface area (Å²) in [6.45, 7) is 14.2. The fourth-order valence-corrected chi connectivity index (χ4v) is 1.71. The first-order chi connectivity index (χ1) is 10.2. The summed E-state index contributed by atoms with van der Waals surface area (Å²) in [5.74, 6) is -0.0168. The number of carbonyl (C=O) groups excluding carboxylic acids is 1. The molecule has 1 aliphatic rings. The highest BCUT2D eigenvalue weighted by Gasteiger charge is 2.09. The molecule has 120 valence electrons. The van der Waals surface area contributed by atoms with Gasteiger partial charge in [-0.25, -0.2) is 0 Å². The van der Waals surface area contributed by atoms with Crippen LogP contribution in [0.3, 0.4) is 0 Å². The van der Waals surface area contributed by atoms with E-state index in [0.29, 0.717) is 11.9 Å². The van der Waals surface area contributed by atoms with Crippen LogP contribution in [0, 0.1) is 0 Å². The van der Waals surface area contributed by atoms with Gasteiger partial charge in [-0.1, -0.05) is 74.0 Å². The largest absolute Gasteiger partial charge is 0.312 e. The Labute approximate surface area is 139 Å². The predicted molar refractivity (Wildman–Crippen MR) is 98.6 cm³/mol. The molecule has 0 fully saturated rings. The Kier molecular flexibility index (Phi) is 16.2. The molecule has 0 saturated heterocycles. The number of amides is 1. The van der Waals surface area contributed by atoms with Gasteiger partial charge in [-0.05, 0) is 25.3 Å². The van der Waals surface area contributed by atoms with Gasteiger partial charge in [0.25, 0.3) is 5.91 Å². The zero-order valence-electron chi connectivity index (χ0n) is 14.2. The first kappa shape index (κ1) is 22.2. The Balaban J connectivity index is 0. The lowest BCUT2D eigenvalue weighted by atomic mass is 10.1. The molecule has 1 amide bonds. The van der Waals surface area contributed by atoms with E-state index in [1.54, 1.807) is 17.2 Å². The molecular formula is C18H30BrNO. The van der Waals surface area contributed by atoms with Gasteiger partial charge in [0.05, 0.1) is 6.54 Å². The van der Waals surface area contributed by atoms with E-state index in [1.807, 2.05) is 34.6 Å². The summed E-state index contributed by atoms with van der Waals surface area (Å²) in [7, 11) is 0. The van der Waals surface area contributed by atoms with E-state index >= 15 is 0 Å². The summed E-state index contributed by atoms with van der Waals surface area (Å²) in [5.41, 5.74) is 2.18. The topological polar surface area (TPSA) is 20.3 Å². The van der Waals surface area contributed by atoms with Gasteiger partial charge in [0.15, 0.2) is 0 Å². The lowest BCUT2D eigenvalue weighted by Crippen LogP contribution is -2.26. The minimum Gasteiger partial charge on any atom is -0.312 e. The van der Waals surface area contributed by atoms with Crippen LogP contribution in [-0.4, -0.2) is 22.7 Å². The number of rotatable bonds is 5. The summed E-state index contributed by atoms with van der Waals surface area (Å²) in [4.78, 5) is 13.6. The first-order valence-electron chi connectivity index (χ1n) is 7.69. The van der Waals surface area contributed by atoms with Crippen molar-refractivity contribution >= 4 is 21.8 Å². The number of allylic oxidation sites excluding steroid dienone is 3. The van der Waals surface area contributed by atoms with Crippen LogP contribution in [-0.2, 0) is 4.79 Å². The van der Waals surface area contributed by atoms with E-state index in [9.17, 15) is 4.79 Å². The lowest BCUT2D eigenvalue weighted by molar-refractivity contribution is -0.123.